The summed E-state index contributed by atoms with van der Waals surface area (Å²) in [6.07, 6.45) is 0.0103. The Morgan fingerprint density at radius 1 is 0.971 bits per heavy atom. The number of hydrogen-bond acceptors (Lipinski definition) is 5. The zero-order chi connectivity index (χ0) is 24.2. The fourth-order valence-corrected chi connectivity index (χ4v) is 4.11. The van der Waals surface area contributed by atoms with Crippen LogP contribution in [0.4, 0.5) is 5.69 Å². The second-order valence-corrected chi connectivity index (χ2v) is 8.81. The highest BCUT2D eigenvalue weighted by atomic mass is 35.5. The number of carbonyl (C=O) groups is 3. The number of aryl methyl sites for hydroxylation is 1. The molecule has 174 valence electrons. The van der Waals surface area contributed by atoms with E-state index in [1.54, 1.807) is 24.3 Å². The topological polar surface area (TPSA) is 72.9 Å². The van der Waals surface area contributed by atoms with E-state index in [0.717, 1.165) is 5.56 Å². The molecule has 3 aromatic carbocycles. The molecule has 0 aromatic heterocycles. The molecule has 0 bridgehead atoms. The lowest BCUT2D eigenvalue weighted by Gasteiger charge is -2.17. The van der Waals surface area contributed by atoms with Crippen LogP contribution in [0.25, 0.3) is 0 Å². The van der Waals surface area contributed by atoms with Crippen LogP contribution in [0.2, 0.25) is 10.0 Å². The molecule has 1 amide bonds. The molecule has 1 saturated heterocycles. The minimum Gasteiger partial charge on any atom is -0.457 e. The number of esters is 1. The van der Waals surface area contributed by atoms with Gasteiger partial charge in [0, 0.05) is 29.2 Å². The normalized spacial score (nSPS) is 15.3. The van der Waals surface area contributed by atoms with Crippen LogP contribution in [0.3, 0.4) is 0 Å². The van der Waals surface area contributed by atoms with E-state index < -0.39 is 24.3 Å². The summed E-state index contributed by atoms with van der Waals surface area (Å²) in [6.45, 7) is 1.71. The van der Waals surface area contributed by atoms with Gasteiger partial charge in [-0.25, -0.2) is 0 Å². The Morgan fingerprint density at radius 3 is 2.26 bits per heavy atom. The van der Waals surface area contributed by atoms with E-state index in [9.17, 15) is 14.4 Å². The predicted octanol–water partition coefficient (Wildman–Crippen LogP) is 5.87. The van der Waals surface area contributed by atoms with E-state index in [4.69, 9.17) is 32.7 Å². The van der Waals surface area contributed by atoms with Gasteiger partial charge in [0.1, 0.15) is 11.5 Å². The van der Waals surface area contributed by atoms with Crippen LogP contribution >= 0.6 is 23.2 Å². The average Bonchev–Trinajstić information content (AvgIpc) is 3.21. The maximum atomic E-state index is 12.5. The minimum atomic E-state index is -0.663. The van der Waals surface area contributed by atoms with Gasteiger partial charge >= 0.3 is 5.97 Å². The van der Waals surface area contributed by atoms with Crippen LogP contribution < -0.4 is 9.64 Å². The Labute approximate surface area is 207 Å². The lowest BCUT2D eigenvalue weighted by molar-refractivity contribution is -0.147. The second kappa shape index (κ2) is 10.3. The summed E-state index contributed by atoms with van der Waals surface area (Å²) in [5, 5.41) is 0.587. The van der Waals surface area contributed by atoms with Gasteiger partial charge < -0.3 is 14.4 Å². The van der Waals surface area contributed by atoms with Crippen molar-refractivity contribution < 1.29 is 23.9 Å². The highest BCUT2D eigenvalue weighted by molar-refractivity contribution is 6.36. The quantitative estimate of drug-likeness (QED) is 0.301. The molecule has 1 aliphatic heterocycles. The molecule has 0 saturated carbocycles. The number of halogens is 2. The monoisotopic (exact) mass is 497 g/mol. The van der Waals surface area contributed by atoms with Gasteiger partial charge in [-0.05, 0) is 61.5 Å². The number of hydrogen-bond donors (Lipinski definition) is 0. The van der Waals surface area contributed by atoms with Crippen molar-refractivity contribution in [3.05, 3.63) is 87.9 Å². The summed E-state index contributed by atoms with van der Waals surface area (Å²) in [4.78, 5) is 38.9. The smallest absolute Gasteiger partial charge is 0.311 e. The maximum Gasteiger partial charge on any atom is 0.311 e. The molecule has 3 aromatic rings. The van der Waals surface area contributed by atoms with Crippen molar-refractivity contribution in [2.75, 3.05) is 18.1 Å². The highest BCUT2D eigenvalue weighted by Crippen LogP contribution is 2.29. The van der Waals surface area contributed by atoms with Crippen LogP contribution in [0, 0.1) is 12.8 Å². The Hall–Kier alpha value is -3.35. The molecule has 4 rings (SSSR count). The summed E-state index contributed by atoms with van der Waals surface area (Å²) < 4.78 is 11.0. The number of Topliss-reactive ketones (excluding diaryl/α,β-unsaturated/α-hetero) is 1. The molecule has 6 nitrogen and oxygen atoms in total. The van der Waals surface area contributed by atoms with E-state index in [2.05, 4.69) is 0 Å². The Morgan fingerprint density at radius 2 is 1.62 bits per heavy atom. The number of anilines is 1. The van der Waals surface area contributed by atoms with Gasteiger partial charge in [0.25, 0.3) is 0 Å². The van der Waals surface area contributed by atoms with Crippen molar-refractivity contribution in [2.24, 2.45) is 5.92 Å². The van der Waals surface area contributed by atoms with Crippen LogP contribution in [0.15, 0.2) is 66.7 Å². The first-order valence-electron chi connectivity index (χ1n) is 10.6. The molecule has 8 heteroatoms. The molecule has 34 heavy (non-hydrogen) atoms. The summed E-state index contributed by atoms with van der Waals surface area (Å²) in [7, 11) is 0. The zero-order valence-electron chi connectivity index (χ0n) is 18.3. The number of rotatable bonds is 7. The third-order valence-corrected chi connectivity index (χ3v) is 5.99. The molecular weight excluding hydrogens is 477 g/mol. The summed E-state index contributed by atoms with van der Waals surface area (Å²) in [5.74, 6) is -0.554. The number of carbonyl (C=O) groups excluding carboxylic acids is 3. The fraction of sp³-hybridized carbons (Fsp3) is 0.192. The molecule has 0 N–H and O–H groups in total. The van der Waals surface area contributed by atoms with Gasteiger partial charge in [0.2, 0.25) is 11.7 Å². The first-order valence-corrected chi connectivity index (χ1v) is 11.4. The van der Waals surface area contributed by atoms with E-state index >= 15 is 0 Å². The number of ketones is 1. The Bertz CT molecular complexity index is 1220. The van der Waals surface area contributed by atoms with Crippen LogP contribution in [0.1, 0.15) is 22.3 Å². The molecule has 1 heterocycles. The van der Waals surface area contributed by atoms with Crippen molar-refractivity contribution in [3.8, 4) is 11.5 Å². The summed E-state index contributed by atoms with van der Waals surface area (Å²) in [5.41, 5.74) is 2.01. The van der Waals surface area contributed by atoms with Crippen LogP contribution in [-0.4, -0.2) is 30.8 Å². The highest BCUT2D eigenvalue weighted by Gasteiger charge is 2.36. The minimum absolute atomic E-state index is 0.0103. The van der Waals surface area contributed by atoms with Gasteiger partial charge in [-0.3, -0.25) is 14.4 Å². The van der Waals surface area contributed by atoms with Crippen molar-refractivity contribution in [3.63, 3.8) is 0 Å². The van der Waals surface area contributed by atoms with E-state index in [1.807, 2.05) is 31.2 Å². The number of benzene rings is 3. The fourth-order valence-electron chi connectivity index (χ4n) is 3.60. The lowest BCUT2D eigenvalue weighted by atomic mass is 10.1. The second-order valence-electron chi connectivity index (χ2n) is 7.97. The molecule has 0 aliphatic carbocycles. The molecule has 1 fully saturated rings. The number of ether oxygens (including phenoxy) is 2. The first kappa shape index (κ1) is 23.8. The van der Waals surface area contributed by atoms with Crippen molar-refractivity contribution in [2.45, 2.75) is 13.3 Å². The van der Waals surface area contributed by atoms with Crippen LogP contribution in [0.5, 0.6) is 11.5 Å². The Kier molecular flexibility index (Phi) is 7.20. The molecule has 1 atom stereocenters. The van der Waals surface area contributed by atoms with E-state index in [1.165, 1.54) is 23.1 Å². The molecule has 0 radical (unpaired) electrons. The summed E-state index contributed by atoms with van der Waals surface area (Å²) >= 11 is 11.9. The number of nitrogens with zero attached hydrogens (tertiary/aromatic N) is 1. The third-order valence-electron chi connectivity index (χ3n) is 5.44. The third kappa shape index (κ3) is 5.58. The largest absolute Gasteiger partial charge is 0.457 e. The molecular formula is C26H21Cl2NO5. The SMILES string of the molecule is Cc1ccc(Oc2ccc(N3C[C@@H](C(=O)OCC(=O)c4ccc(Cl)cc4Cl)CC3=O)cc2)cc1. The molecule has 0 spiro atoms. The molecule has 1 aliphatic rings. The first-order chi connectivity index (χ1) is 16.3. The Balaban J connectivity index is 1.33. The zero-order valence-corrected chi connectivity index (χ0v) is 19.8. The van der Waals surface area contributed by atoms with Gasteiger partial charge in [-0.1, -0.05) is 40.9 Å². The van der Waals surface area contributed by atoms with Gasteiger partial charge in [-0.15, -0.1) is 0 Å². The van der Waals surface area contributed by atoms with Crippen molar-refractivity contribution in [1.82, 2.24) is 0 Å². The van der Waals surface area contributed by atoms with E-state index in [0.29, 0.717) is 22.2 Å². The molecule has 0 unspecified atom stereocenters. The predicted molar refractivity (Wildman–Crippen MR) is 130 cm³/mol. The van der Waals surface area contributed by atoms with Gasteiger partial charge in [-0.2, -0.15) is 0 Å². The van der Waals surface area contributed by atoms with Crippen LogP contribution in [-0.2, 0) is 14.3 Å². The average molecular weight is 498 g/mol. The summed E-state index contributed by atoms with van der Waals surface area (Å²) in [6, 6.07) is 19.2. The van der Waals surface area contributed by atoms with Crippen molar-refractivity contribution >= 4 is 46.5 Å². The lowest BCUT2D eigenvalue weighted by Crippen LogP contribution is -2.27. The van der Waals surface area contributed by atoms with Gasteiger partial charge in [0.05, 0.1) is 10.9 Å². The standard InChI is InChI=1S/C26H21Cl2NO5/c1-16-2-7-20(8-3-16)34-21-9-5-19(6-10-21)29-14-17(12-25(29)31)26(32)33-15-24(30)22-11-4-18(27)13-23(22)28/h2-11,13,17H,12,14-15H2,1H3/t17-/m0/s1. The maximum absolute atomic E-state index is 12.5. The van der Waals surface area contributed by atoms with Gasteiger partial charge in [0.15, 0.2) is 6.61 Å². The van der Waals surface area contributed by atoms with Crippen molar-refractivity contribution in [1.29, 1.82) is 0 Å². The van der Waals surface area contributed by atoms with E-state index in [-0.39, 0.29) is 29.5 Å². The number of amides is 1.